The van der Waals surface area contributed by atoms with Crippen LogP contribution < -0.4 is 10.6 Å². The molecule has 2 heteroatoms. The number of nitrogens with one attached hydrogen (secondary N) is 2. The van der Waals surface area contributed by atoms with Crippen molar-refractivity contribution in [3.05, 3.63) is 42.5 Å². The number of piperidine rings is 1. The molecule has 1 fully saturated rings. The van der Waals surface area contributed by atoms with Gasteiger partial charge in [0.05, 0.1) is 0 Å². The lowest BCUT2D eigenvalue weighted by Crippen LogP contribution is -2.35. The quantitative estimate of drug-likeness (QED) is 0.867. The highest BCUT2D eigenvalue weighted by atomic mass is 14.9. The van der Waals surface area contributed by atoms with Crippen LogP contribution in [0.3, 0.4) is 0 Å². The SMILES string of the molecule is c1ccc2cc(NCCC3CCCCN3)ccc2c1. The largest absolute Gasteiger partial charge is 0.385 e. The number of hydrogen-bond donors (Lipinski definition) is 2. The Morgan fingerprint density at radius 2 is 1.95 bits per heavy atom. The summed E-state index contributed by atoms with van der Waals surface area (Å²) in [4.78, 5) is 0. The van der Waals surface area contributed by atoms with Crippen molar-refractivity contribution in [3.63, 3.8) is 0 Å². The maximum Gasteiger partial charge on any atom is 0.0346 e. The highest BCUT2D eigenvalue weighted by molar-refractivity contribution is 5.85. The molecular weight excluding hydrogens is 232 g/mol. The van der Waals surface area contributed by atoms with E-state index in [-0.39, 0.29) is 0 Å². The second-order valence-corrected chi connectivity index (χ2v) is 5.42. The van der Waals surface area contributed by atoms with E-state index >= 15 is 0 Å². The van der Waals surface area contributed by atoms with Crippen LogP contribution in [0, 0.1) is 0 Å². The Labute approximate surface area is 115 Å². The van der Waals surface area contributed by atoms with E-state index in [2.05, 4.69) is 53.1 Å². The molecule has 2 aromatic carbocycles. The van der Waals surface area contributed by atoms with Crippen molar-refractivity contribution in [2.24, 2.45) is 0 Å². The third-order valence-corrected chi connectivity index (χ3v) is 3.98. The third-order valence-electron chi connectivity index (χ3n) is 3.98. The van der Waals surface area contributed by atoms with Crippen LogP contribution in [0.5, 0.6) is 0 Å². The number of anilines is 1. The van der Waals surface area contributed by atoms with Gasteiger partial charge in [-0.2, -0.15) is 0 Å². The fraction of sp³-hybridized carbons (Fsp3) is 0.412. The first-order valence-corrected chi connectivity index (χ1v) is 7.38. The molecule has 0 radical (unpaired) electrons. The van der Waals surface area contributed by atoms with E-state index in [4.69, 9.17) is 0 Å². The standard InChI is InChI=1S/C17H22N2/c1-2-6-15-13-17(9-8-14(15)5-1)19-12-10-16-7-3-4-11-18-16/h1-2,5-6,8-9,13,16,18-19H,3-4,7,10-12H2. The van der Waals surface area contributed by atoms with Gasteiger partial charge >= 0.3 is 0 Å². The van der Waals surface area contributed by atoms with Crippen LogP contribution in [-0.2, 0) is 0 Å². The first-order chi connectivity index (χ1) is 9.42. The maximum absolute atomic E-state index is 3.59. The van der Waals surface area contributed by atoms with Crippen LogP contribution >= 0.6 is 0 Å². The van der Waals surface area contributed by atoms with Gasteiger partial charge in [0.2, 0.25) is 0 Å². The van der Waals surface area contributed by atoms with Crippen molar-refractivity contribution in [2.75, 3.05) is 18.4 Å². The van der Waals surface area contributed by atoms with E-state index in [1.807, 2.05) is 0 Å². The van der Waals surface area contributed by atoms with Crippen LogP contribution in [0.15, 0.2) is 42.5 Å². The van der Waals surface area contributed by atoms with E-state index in [0.717, 1.165) is 6.54 Å². The van der Waals surface area contributed by atoms with E-state index in [9.17, 15) is 0 Å². The Hall–Kier alpha value is -1.54. The number of fused-ring (bicyclic) bond motifs is 1. The molecule has 1 aliphatic rings. The highest BCUT2D eigenvalue weighted by Gasteiger charge is 2.11. The smallest absolute Gasteiger partial charge is 0.0346 e. The second kappa shape index (κ2) is 6.07. The summed E-state index contributed by atoms with van der Waals surface area (Å²) in [6, 6.07) is 15.8. The summed E-state index contributed by atoms with van der Waals surface area (Å²) in [5.74, 6) is 0. The van der Waals surface area contributed by atoms with E-state index in [1.165, 1.54) is 48.7 Å². The van der Waals surface area contributed by atoms with Crippen LogP contribution in [-0.4, -0.2) is 19.1 Å². The minimum atomic E-state index is 0.710. The lowest BCUT2D eigenvalue weighted by atomic mass is 10.0. The fourth-order valence-electron chi connectivity index (χ4n) is 2.86. The summed E-state index contributed by atoms with van der Waals surface area (Å²) < 4.78 is 0. The van der Waals surface area contributed by atoms with Crippen molar-refractivity contribution in [3.8, 4) is 0 Å². The summed E-state index contributed by atoms with van der Waals surface area (Å²) >= 11 is 0. The van der Waals surface area contributed by atoms with E-state index in [1.54, 1.807) is 0 Å². The second-order valence-electron chi connectivity index (χ2n) is 5.42. The summed E-state index contributed by atoms with van der Waals surface area (Å²) in [7, 11) is 0. The monoisotopic (exact) mass is 254 g/mol. The van der Waals surface area contributed by atoms with Crippen LogP contribution in [0.2, 0.25) is 0 Å². The number of benzene rings is 2. The molecule has 0 spiro atoms. The Bertz CT molecular complexity index is 530. The predicted molar refractivity (Wildman–Crippen MR) is 82.7 cm³/mol. The average molecular weight is 254 g/mol. The molecule has 0 aromatic heterocycles. The van der Waals surface area contributed by atoms with Gasteiger partial charge in [-0.05, 0) is 48.7 Å². The fourth-order valence-corrected chi connectivity index (χ4v) is 2.86. The molecular formula is C17H22N2. The summed E-state index contributed by atoms with van der Waals surface area (Å²) in [5.41, 5.74) is 1.23. The van der Waals surface area contributed by atoms with Crippen molar-refractivity contribution in [2.45, 2.75) is 31.7 Å². The van der Waals surface area contributed by atoms with Gasteiger partial charge in [0, 0.05) is 18.3 Å². The molecule has 100 valence electrons. The summed E-state index contributed by atoms with van der Waals surface area (Å²) in [6.45, 7) is 2.25. The lowest BCUT2D eigenvalue weighted by molar-refractivity contribution is 0.389. The molecule has 1 saturated heterocycles. The molecule has 19 heavy (non-hydrogen) atoms. The van der Waals surface area contributed by atoms with Crippen LogP contribution in [0.4, 0.5) is 5.69 Å². The molecule has 2 N–H and O–H groups in total. The average Bonchev–Trinajstić information content (AvgIpc) is 2.48. The Balaban J connectivity index is 1.56. The zero-order valence-corrected chi connectivity index (χ0v) is 11.4. The van der Waals surface area contributed by atoms with Crippen molar-refractivity contribution in [1.29, 1.82) is 0 Å². The molecule has 2 aromatic rings. The topological polar surface area (TPSA) is 24.1 Å². The summed E-state index contributed by atoms with van der Waals surface area (Å²) in [5, 5.41) is 9.76. The molecule has 0 amide bonds. The molecule has 1 aliphatic heterocycles. The van der Waals surface area contributed by atoms with Crippen molar-refractivity contribution >= 4 is 16.5 Å². The lowest BCUT2D eigenvalue weighted by Gasteiger charge is -2.23. The first-order valence-electron chi connectivity index (χ1n) is 7.38. The van der Waals surface area contributed by atoms with Gasteiger partial charge in [-0.3, -0.25) is 0 Å². The van der Waals surface area contributed by atoms with Gasteiger partial charge in [-0.1, -0.05) is 36.8 Å². The van der Waals surface area contributed by atoms with Crippen molar-refractivity contribution < 1.29 is 0 Å². The zero-order chi connectivity index (χ0) is 12.9. The minimum Gasteiger partial charge on any atom is -0.385 e. The van der Waals surface area contributed by atoms with Gasteiger partial charge in [0.15, 0.2) is 0 Å². The van der Waals surface area contributed by atoms with Gasteiger partial charge < -0.3 is 10.6 Å². The normalized spacial score (nSPS) is 19.5. The molecule has 3 rings (SSSR count). The Morgan fingerprint density at radius 1 is 1.05 bits per heavy atom. The Morgan fingerprint density at radius 3 is 2.79 bits per heavy atom. The van der Waals surface area contributed by atoms with Crippen LogP contribution in [0.25, 0.3) is 10.8 Å². The minimum absolute atomic E-state index is 0.710. The van der Waals surface area contributed by atoms with Gasteiger partial charge in [0.25, 0.3) is 0 Å². The van der Waals surface area contributed by atoms with Crippen molar-refractivity contribution in [1.82, 2.24) is 5.32 Å². The molecule has 1 unspecified atom stereocenters. The Kier molecular flexibility index (Phi) is 3.99. The first kappa shape index (κ1) is 12.5. The number of hydrogen-bond acceptors (Lipinski definition) is 2. The molecule has 1 heterocycles. The highest BCUT2D eigenvalue weighted by Crippen LogP contribution is 2.19. The maximum atomic E-state index is 3.59. The molecule has 0 aliphatic carbocycles. The van der Waals surface area contributed by atoms with Crippen LogP contribution in [0.1, 0.15) is 25.7 Å². The summed E-state index contributed by atoms with van der Waals surface area (Å²) in [6.07, 6.45) is 5.27. The number of rotatable bonds is 4. The van der Waals surface area contributed by atoms with Gasteiger partial charge in [0.1, 0.15) is 0 Å². The molecule has 0 bridgehead atoms. The van der Waals surface area contributed by atoms with E-state index < -0.39 is 0 Å². The van der Waals surface area contributed by atoms with Gasteiger partial charge in [-0.25, -0.2) is 0 Å². The molecule has 0 saturated carbocycles. The predicted octanol–water partition coefficient (Wildman–Crippen LogP) is 3.78. The zero-order valence-electron chi connectivity index (χ0n) is 11.4. The molecule has 2 nitrogen and oxygen atoms in total. The van der Waals surface area contributed by atoms with E-state index in [0.29, 0.717) is 6.04 Å². The van der Waals surface area contributed by atoms with Gasteiger partial charge in [-0.15, -0.1) is 0 Å². The molecule has 1 atom stereocenters. The third kappa shape index (κ3) is 3.27.